The van der Waals surface area contributed by atoms with Crippen LogP contribution in [-0.2, 0) is 16.1 Å². The third-order valence-electron chi connectivity index (χ3n) is 2.06. The topological polar surface area (TPSA) is 58.6 Å². The number of methoxy groups -OCH3 is 1. The Labute approximate surface area is 105 Å². The van der Waals surface area contributed by atoms with Gasteiger partial charge in [-0.15, -0.1) is 11.8 Å². The van der Waals surface area contributed by atoms with Crippen LogP contribution < -0.4 is 5.32 Å². The highest BCUT2D eigenvalue weighted by molar-refractivity contribution is 7.99. The molecule has 4 nitrogen and oxygen atoms in total. The number of nitrogens with one attached hydrogen (secondary N) is 1. The van der Waals surface area contributed by atoms with E-state index in [1.165, 1.54) is 11.8 Å². The Kier molecular flexibility index (Phi) is 6.69. The molecule has 1 amide bonds. The van der Waals surface area contributed by atoms with E-state index in [4.69, 9.17) is 9.84 Å². The van der Waals surface area contributed by atoms with Crippen molar-refractivity contribution in [2.75, 3.05) is 30.5 Å². The van der Waals surface area contributed by atoms with Crippen molar-refractivity contribution in [2.45, 2.75) is 6.61 Å². The summed E-state index contributed by atoms with van der Waals surface area (Å²) in [6, 6.07) is 7.18. The van der Waals surface area contributed by atoms with Gasteiger partial charge in [0, 0.05) is 18.6 Å². The first-order chi connectivity index (χ1) is 8.26. The summed E-state index contributed by atoms with van der Waals surface area (Å²) < 4.78 is 4.89. The van der Waals surface area contributed by atoms with Crippen molar-refractivity contribution in [1.82, 2.24) is 0 Å². The van der Waals surface area contributed by atoms with Gasteiger partial charge in [0.2, 0.25) is 5.91 Å². The number of ether oxygens (including phenoxy) is 1. The maximum Gasteiger partial charge on any atom is 0.234 e. The van der Waals surface area contributed by atoms with E-state index in [0.29, 0.717) is 18.0 Å². The number of rotatable bonds is 7. The normalized spacial score (nSPS) is 10.2. The molecule has 0 heterocycles. The fraction of sp³-hybridized carbons (Fsp3) is 0.417. The highest BCUT2D eigenvalue weighted by atomic mass is 32.2. The molecule has 0 fully saturated rings. The molecule has 94 valence electrons. The zero-order chi connectivity index (χ0) is 12.5. The Morgan fingerprint density at radius 3 is 3.06 bits per heavy atom. The van der Waals surface area contributed by atoms with Crippen molar-refractivity contribution in [3.8, 4) is 0 Å². The minimum absolute atomic E-state index is 0.0215. The molecule has 0 atom stereocenters. The van der Waals surface area contributed by atoms with E-state index < -0.39 is 0 Å². The second kappa shape index (κ2) is 8.11. The number of amides is 1. The largest absolute Gasteiger partial charge is 0.392 e. The number of aliphatic hydroxyl groups is 1. The molecule has 1 aromatic rings. The molecular formula is C12H17NO3S. The molecule has 0 spiro atoms. The van der Waals surface area contributed by atoms with Crippen molar-refractivity contribution in [1.29, 1.82) is 0 Å². The van der Waals surface area contributed by atoms with E-state index in [1.807, 2.05) is 6.07 Å². The number of aliphatic hydroxyl groups excluding tert-OH is 1. The van der Waals surface area contributed by atoms with Crippen LogP contribution in [0.15, 0.2) is 24.3 Å². The molecule has 0 unspecified atom stereocenters. The summed E-state index contributed by atoms with van der Waals surface area (Å²) in [5.74, 6) is 1.18. The van der Waals surface area contributed by atoms with Crippen molar-refractivity contribution < 1.29 is 14.6 Å². The molecule has 5 heteroatoms. The molecule has 2 N–H and O–H groups in total. The molecule has 0 aliphatic rings. The first kappa shape index (κ1) is 14.0. The van der Waals surface area contributed by atoms with Crippen molar-refractivity contribution in [3.05, 3.63) is 29.8 Å². The van der Waals surface area contributed by atoms with Gasteiger partial charge in [-0.3, -0.25) is 4.79 Å². The molecule has 1 rings (SSSR count). The highest BCUT2D eigenvalue weighted by Crippen LogP contribution is 2.11. The lowest BCUT2D eigenvalue weighted by Gasteiger charge is -2.06. The Morgan fingerprint density at radius 1 is 1.53 bits per heavy atom. The number of carbonyl (C=O) groups excluding carboxylic acids is 1. The van der Waals surface area contributed by atoms with Crippen LogP contribution in [0.5, 0.6) is 0 Å². The molecule has 0 bridgehead atoms. The maximum atomic E-state index is 11.5. The number of thioether (sulfide) groups is 1. The van der Waals surface area contributed by atoms with Gasteiger partial charge in [0.05, 0.1) is 19.0 Å². The number of hydrogen-bond donors (Lipinski definition) is 2. The second-order valence-corrected chi connectivity index (χ2v) is 4.56. The van der Waals surface area contributed by atoms with Crippen molar-refractivity contribution in [2.24, 2.45) is 0 Å². The van der Waals surface area contributed by atoms with Crippen LogP contribution in [0, 0.1) is 0 Å². The number of benzene rings is 1. The number of carbonyl (C=O) groups is 1. The Hall–Kier alpha value is -1.04. The standard InChI is InChI=1S/C12H17NO3S/c1-16-5-6-17-9-12(15)13-11-4-2-3-10(7-11)8-14/h2-4,7,14H,5-6,8-9H2,1H3,(H,13,15). The average Bonchev–Trinajstić information content (AvgIpc) is 2.35. The highest BCUT2D eigenvalue weighted by Gasteiger charge is 2.02. The Bertz CT molecular complexity index is 357. The molecule has 1 aromatic carbocycles. The van der Waals surface area contributed by atoms with Crippen molar-refractivity contribution >= 4 is 23.4 Å². The van der Waals surface area contributed by atoms with Gasteiger partial charge in [-0.25, -0.2) is 0 Å². The minimum Gasteiger partial charge on any atom is -0.392 e. The van der Waals surface area contributed by atoms with Crippen molar-refractivity contribution in [3.63, 3.8) is 0 Å². The van der Waals surface area contributed by atoms with Crippen LogP contribution in [0.4, 0.5) is 5.69 Å². The molecule has 0 aliphatic carbocycles. The van der Waals surface area contributed by atoms with E-state index in [0.717, 1.165) is 11.3 Å². The summed E-state index contributed by atoms with van der Waals surface area (Å²) >= 11 is 1.53. The molecule has 0 radical (unpaired) electrons. The minimum atomic E-state index is -0.0406. The Morgan fingerprint density at radius 2 is 2.35 bits per heavy atom. The van der Waals surface area contributed by atoms with Crippen LogP contribution in [0.2, 0.25) is 0 Å². The fourth-order valence-corrected chi connectivity index (χ4v) is 1.94. The van der Waals surface area contributed by atoms with Gasteiger partial charge in [-0.2, -0.15) is 0 Å². The lowest BCUT2D eigenvalue weighted by atomic mass is 10.2. The molecule has 0 saturated carbocycles. The quantitative estimate of drug-likeness (QED) is 0.725. The van der Waals surface area contributed by atoms with Crippen LogP contribution >= 0.6 is 11.8 Å². The van der Waals surface area contributed by atoms with Gasteiger partial charge < -0.3 is 15.2 Å². The zero-order valence-corrected chi connectivity index (χ0v) is 10.6. The second-order valence-electron chi connectivity index (χ2n) is 3.45. The smallest absolute Gasteiger partial charge is 0.234 e. The summed E-state index contributed by atoms with van der Waals surface area (Å²) in [5.41, 5.74) is 1.50. The predicted molar refractivity (Wildman–Crippen MR) is 70.2 cm³/mol. The summed E-state index contributed by atoms with van der Waals surface area (Å²) in [5, 5.41) is 11.7. The van der Waals surface area contributed by atoms with Crippen LogP contribution in [0.25, 0.3) is 0 Å². The predicted octanol–water partition coefficient (Wildman–Crippen LogP) is 1.50. The van der Waals surface area contributed by atoms with Crippen LogP contribution in [0.3, 0.4) is 0 Å². The van der Waals surface area contributed by atoms with Gasteiger partial charge in [0.1, 0.15) is 0 Å². The molecule has 0 aliphatic heterocycles. The average molecular weight is 255 g/mol. The Balaban J connectivity index is 2.34. The van der Waals surface area contributed by atoms with Gasteiger partial charge in [0.15, 0.2) is 0 Å². The van der Waals surface area contributed by atoms with E-state index in [-0.39, 0.29) is 12.5 Å². The summed E-state index contributed by atoms with van der Waals surface area (Å²) in [6.45, 7) is 0.629. The summed E-state index contributed by atoms with van der Waals surface area (Å²) in [6.07, 6.45) is 0. The molecule has 0 saturated heterocycles. The maximum absolute atomic E-state index is 11.5. The fourth-order valence-electron chi connectivity index (χ4n) is 1.25. The number of hydrogen-bond acceptors (Lipinski definition) is 4. The van der Waals surface area contributed by atoms with E-state index in [1.54, 1.807) is 25.3 Å². The van der Waals surface area contributed by atoms with E-state index in [2.05, 4.69) is 5.32 Å². The molecular weight excluding hydrogens is 238 g/mol. The SMILES string of the molecule is COCCSCC(=O)Nc1cccc(CO)c1. The number of anilines is 1. The molecule has 0 aromatic heterocycles. The summed E-state index contributed by atoms with van der Waals surface area (Å²) in [7, 11) is 1.64. The third kappa shape index (κ3) is 5.72. The monoisotopic (exact) mass is 255 g/mol. The van der Waals surface area contributed by atoms with Gasteiger partial charge >= 0.3 is 0 Å². The molecule has 17 heavy (non-hydrogen) atoms. The van der Waals surface area contributed by atoms with Crippen LogP contribution in [0.1, 0.15) is 5.56 Å². The lowest BCUT2D eigenvalue weighted by Crippen LogP contribution is -2.14. The first-order valence-electron chi connectivity index (χ1n) is 5.32. The van der Waals surface area contributed by atoms with Gasteiger partial charge in [-0.05, 0) is 17.7 Å². The van der Waals surface area contributed by atoms with E-state index in [9.17, 15) is 4.79 Å². The van der Waals surface area contributed by atoms with Gasteiger partial charge in [0.25, 0.3) is 0 Å². The van der Waals surface area contributed by atoms with E-state index >= 15 is 0 Å². The van der Waals surface area contributed by atoms with Gasteiger partial charge in [-0.1, -0.05) is 12.1 Å². The summed E-state index contributed by atoms with van der Waals surface area (Å²) in [4.78, 5) is 11.5. The third-order valence-corrected chi connectivity index (χ3v) is 2.98. The lowest BCUT2D eigenvalue weighted by molar-refractivity contribution is -0.113. The first-order valence-corrected chi connectivity index (χ1v) is 6.48. The zero-order valence-electron chi connectivity index (χ0n) is 9.81. The van der Waals surface area contributed by atoms with Crippen LogP contribution in [-0.4, -0.2) is 36.2 Å².